The maximum absolute atomic E-state index is 13.6. The highest BCUT2D eigenvalue weighted by atomic mass is 19.1. The Bertz CT molecular complexity index is 1290. The summed E-state index contributed by atoms with van der Waals surface area (Å²) in [7, 11) is 0. The molecule has 10 heteroatoms. The molecule has 2 saturated heterocycles. The molecule has 2 aliphatic rings. The van der Waals surface area contributed by atoms with E-state index < -0.39 is 48.9 Å². The van der Waals surface area contributed by atoms with Gasteiger partial charge in [-0.3, -0.25) is 4.79 Å². The number of benzene rings is 3. The number of carbonyl (C=O) groups is 1. The summed E-state index contributed by atoms with van der Waals surface area (Å²) in [6.07, 6.45) is -5.38. The Kier molecular flexibility index (Phi) is 8.43. The van der Waals surface area contributed by atoms with Gasteiger partial charge in [-0.15, -0.1) is 0 Å². The number of halogens is 2. The summed E-state index contributed by atoms with van der Waals surface area (Å²) in [5.41, 5.74) is 2.19. The Balaban J connectivity index is 1.31. The van der Waals surface area contributed by atoms with E-state index in [1.165, 1.54) is 36.4 Å². The van der Waals surface area contributed by atoms with Gasteiger partial charge < -0.3 is 34.8 Å². The Morgan fingerprint density at radius 2 is 1.40 bits per heavy atom. The molecule has 0 aliphatic carbocycles. The number of ether oxygens (including phenoxy) is 2. The average molecular weight is 556 g/mol. The lowest BCUT2D eigenvalue weighted by atomic mass is 9.79. The molecule has 0 spiro atoms. The second-order valence-corrected chi connectivity index (χ2v) is 10.1. The third-order valence-corrected chi connectivity index (χ3v) is 7.58. The number of aliphatic hydroxyl groups is 4. The lowest BCUT2D eigenvalue weighted by Crippen LogP contribution is -2.59. The molecule has 3 aromatic rings. The minimum absolute atomic E-state index is 0.121. The summed E-state index contributed by atoms with van der Waals surface area (Å²) in [6.45, 7) is -0.257. The van der Waals surface area contributed by atoms with Crippen LogP contribution in [0.1, 0.15) is 23.6 Å². The summed E-state index contributed by atoms with van der Waals surface area (Å²) in [5.74, 6) is -0.800. The van der Waals surface area contributed by atoms with Crippen LogP contribution in [-0.2, 0) is 16.0 Å². The lowest BCUT2D eigenvalue weighted by molar-refractivity contribution is -0.228. The maximum Gasteiger partial charge on any atom is 0.233 e. The maximum atomic E-state index is 13.6. The van der Waals surface area contributed by atoms with Crippen LogP contribution in [0.25, 0.3) is 0 Å². The standard InChI is InChI=1S/C30H31F2NO7/c31-19-5-9-21(10-6-19)33-26(23(30(33)38)13-14-39-22-11-7-20(32)8-12-22)18-3-1-17(2-4-18)15-24-27(35)29(37)28(36)25(16-34)40-24/h1-12,23-29,34-37H,13-16H2/t23?,24-,25-,26?,27+,28-,29+/m1/s1. The number of hydrogen-bond acceptors (Lipinski definition) is 7. The zero-order chi connectivity index (χ0) is 28.4. The summed E-state index contributed by atoms with van der Waals surface area (Å²) in [6, 6.07) is 18.4. The molecule has 2 heterocycles. The minimum atomic E-state index is -1.45. The first-order chi connectivity index (χ1) is 19.3. The molecular weight excluding hydrogens is 524 g/mol. The van der Waals surface area contributed by atoms with E-state index in [9.17, 15) is 34.0 Å². The lowest BCUT2D eigenvalue weighted by Gasteiger charge is -2.47. The molecule has 5 rings (SSSR count). The summed E-state index contributed by atoms with van der Waals surface area (Å²) in [4.78, 5) is 14.8. The van der Waals surface area contributed by atoms with Crippen molar-refractivity contribution in [3.8, 4) is 5.75 Å². The van der Waals surface area contributed by atoms with Crippen molar-refractivity contribution in [1.82, 2.24) is 0 Å². The molecule has 2 aliphatic heterocycles. The summed E-state index contributed by atoms with van der Waals surface area (Å²) >= 11 is 0. The van der Waals surface area contributed by atoms with Gasteiger partial charge in [-0.05, 0) is 66.1 Å². The fraction of sp³-hybridized carbons (Fsp3) is 0.367. The van der Waals surface area contributed by atoms with Gasteiger partial charge in [0.15, 0.2) is 0 Å². The SMILES string of the molecule is O=C1C(CCOc2ccc(F)cc2)C(c2ccc(C[C@H]3O[C@H](CO)[C@@H](O)[C@@H](O)[C@H]3O)cc2)N1c1ccc(F)cc1. The predicted octanol–water partition coefficient (Wildman–Crippen LogP) is 2.52. The number of anilines is 1. The third kappa shape index (κ3) is 5.72. The van der Waals surface area contributed by atoms with Gasteiger partial charge in [0.2, 0.25) is 5.91 Å². The molecule has 4 N–H and O–H groups in total. The van der Waals surface area contributed by atoms with Crippen LogP contribution in [0.3, 0.4) is 0 Å². The van der Waals surface area contributed by atoms with Crippen molar-refractivity contribution < 1.29 is 43.5 Å². The summed E-state index contributed by atoms with van der Waals surface area (Å²) < 4.78 is 38.1. The van der Waals surface area contributed by atoms with Gasteiger partial charge in [-0.2, -0.15) is 0 Å². The van der Waals surface area contributed by atoms with E-state index >= 15 is 0 Å². The Hall–Kier alpha value is -3.41. The molecule has 212 valence electrons. The summed E-state index contributed by atoms with van der Waals surface area (Å²) in [5, 5.41) is 39.9. The first kappa shape index (κ1) is 28.1. The normalized spacial score (nSPS) is 28.3. The average Bonchev–Trinajstić information content (AvgIpc) is 2.96. The van der Waals surface area contributed by atoms with E-state index in [0.29, 0.717) is 17.9 Å². The highest BCUT2D eigenvalue weighted by Gasteiger charge is 2.48. The fourth-order valence-electron chi connectivity index (χ4n) is 5.37. The van der Waals surface area contributed by atoms with Crippen molar-refractivity contribution in [2.24, 2.45) is 5.92 Å². The zero-order valence-electron chi connectivity index (χ0n) is 21.5. The molecule has 2 fully saturated rings. The largest absolute Gasteiger partial charge is 0.494 e. The van der Waals surface area contributed by atoms with Crippen molar-refractivity contribution in [2.45, 2.75) is 49.4 Å². The molecule has 3 aromatic carbocycles. The first-order valence-electron chi connectivity index (χ1n) is 13.1. The van der Waals surface area contributed by atoms with E-state index in [1.807, 2.05) is 24.3 Å². The van der Waals surface area contributed by atoms with Crippen molar-refractivity contribution in [2.75, 3.05) is 18.1 Å². The van der Waals surface area contributed by atoms with Crippen LogP contribution in [0.2, 0.25) is 0 Å². The highest BCUT2D eigenvalue weighted by Crippen LogP contribution is 2.45. The predicted molar refractivity (Wildman–Crippen MR) is 141 cm³/mol. The van der Waals surface area contributed by atoms with Gasteiger partial charge >= 0.3 is 0 Å². The minimum Gasteiger partial charge on any atom is -0.494 e. The molecule has 2 unspecified atom stereocenters. The molecule has 1 amide bonds. The van der Waals surface area contributed by atoms with Crippen LogP contribution in [0.15, 0.2) is 72.8 Å². The smallest absolute Gasteiger partial charge is 0.233 e. The molecule has 0 radical (unpaired) electrons. The third-order valence-electron chi connectivity index (χ3n) is 7.58. The Morgan fingerprint density at radius 1 is 0.800 bits per heavy atom. The van der Waals surface area contributed by atoms with Crippen LogP contribution in [-0.4, -0.2) is 70.1 Å². The van der Waals surface area contributed by atoms with Crippen LogP contribution >= 0.6 is 0 Å². The molecule has 0 saturated carbocycles. The number of carbonyl (C=O) groups excluding carboxylic acids is 1. The van der Waals surface area contributed by atoms with Crippen LogP contribution in [0.5, 0.6) is 5.75 Å². The van der Waals surface area contributed by atoms with Gasteiger partial charge in [-0.25, -0.2) is 8.78 Å². The molecule has 0 aromatic heterocycles. The number of amides is 1. The van der Waals surface area contributed by atoms with Gasteiger partial charge in [-0.1, -0.05) is 24.3 Å². The first-order valence-corrected chi connectivity index (χ1v) is 13.1. The van der Waals surface area contributed by atoms with E-state index in [2.05, 4.69) is 0 Å². The fourth-order valence-corrected chi connectivity index (χ4v) is 5.37. The number of nitrogens with zero attached hydrogens (tertiary/aromatic N) is 1. The van der Waals surface area contributed by atoms with Gasteiger partial charge in [0.05, 0.1) is 31.3 Å². The van der Waals surface area contributed by atoms with E-state index in [0.717, 1.165) is 11.1 Å². The van der Waals surface area contributed by atoms with Crippen molar-refractivity contribution >= 4 is 11.6 Å². The molecule has 7 atom stereocenters. The number of hydrogen-bond donors (Lipinski definition) is 4. The number of β-lactam (4-membered cyclic amide) rings is 1. The van der Waals surface area contributed by atoms with E-state index in [4.69, 9.17) is 9.47 Å². The molecule has 40 heavy (non-hydrogen) atoms. The number of aliphatic hydroxyl groups excluding tert-OH is 4. The molecular formula is C30H31F2NO7. The molecule has 8 nitrogen and oxygen atoms in total. The van der Waals surface area contributed by atoms with Crippen molar-refractivity contribution in [3.63, 3.8) is 0 Å². The van der Waals surface area contributed by atoms with E-state index in [-0.39, 0.29) is 30.8 Å². The molecule has 0 bridgehead atoms. The van der Waals surface area contributed by atoms with Gasteiger partial charge in [0.25, 0.3) is 0 Å². The second kappa shape index (κ2) is 12.0. The Labute approximate surface area is 230 Å². The zero-order valence-corrected chi connectivity index (χ0v) is 21.5. The van der Waals surface area contributed by atoms with Crippen LogP contribution in [0.4, 0.5) is 14.5 Å². The Morgan fingerprint density at radius 3 is 2.02 bits per heavy atom. The quantitative estimate of drug-likeness (QED) is 0.300. The number of rotatable bonds is 9. The van der Waals surface area contributed by atoms with Crippen LogP contribution in [0, 0.1) is 17.6 Å². The highest BCUT2D eigenvalue weighted by molar-refractivity contribution is 6.03. The topological polar surface area (TPSA) is 120 Å². The monoisotopic (exact) mass is 555 g/mol. The van der Waals surface area contributed by atoms with E-state index in [1.54, 1.807) is 17.0 Å². The van der Waals surface area contributed by atoms with Crippen LogP contribution < -0.4 is 9.64 Å². The second-order valence-electron chi connectivity index (χ2n) is 10.1. The van der Waals surface area contributed by atoms with Gasteiger partial charge in [0, 0.05) is 12.1 Å². The van der Waals surface area contributed by atoms with Gasteiger partial charge in [0.1, 0.15) is 41.8 Å². The van der Waals surface area contributed by atoms with Crippen molar-refractivity contribution in [1.29, 1.82) is 0 Å². The van der Waals surface area contributed by atoms with Crippen molar-refractivity contribution in [3.05, 3.63) is 95.6 Å².